The minimum Gasteiger partial charge on any atom is -0.493 e. The van der Waals surface area contributed by atoms with Crippen LogP contribution >= 0.6 is 0 Å². The number of methoxy groups -OCH3 is 2. The molecular weight excluding hydrogens is 516 g/mol. The van der Waals surface area contributed by atoms with E-state index in [1.165, 1.54) is 29.3 Å². The summed E-state index contributed by atoms with van der Waals surface area (Å²) in [6.07, 6.45) is 8.11. The molecule has 5 rings (SSSR count). The number of rotatable bonds is 11. The van der Waals surface area contributed by atoms with Crippen LogP contribution in [0.3, 0.4) is 0 Å². The lowest BCUT2D eigenvalue weighted by Gasteiger charge is -2.31. The van der Waals surface area contributed by atoms with E-state index in [2.05, 4.69) is 20.7 Å². The summed E-state index contributed by atoms with van der Waals surface area (Å²) in [5, 5.41) is 15.7. The molecule has 3 aromatic heterocycles. The Morgan fingerprint density at radius 1 is 1.05 bits per heavy atom. The summed E-state index contributed by atoms with van der Waals surface area (Å²) < 4.78 is 21.8. The highest BCUT2D eigenvalue weighted by atomic mass is 16.5. The van der Waals surface area contributed by atoms with E-state index in [0.717, 1.165) is 32.1 Å². The molecule has 0 saturated heterocycles. The lowest BCUT2D eigenvalue weighted by Crippen LogP contribution is -2.47. The number of carbonyl (C=O) groups is 2. The molecule has 1 aliphatic rings. The molecular formula is C28H32N6O6. The predicted octanol–water partition coefficient (Wildman–Crippen LogP) is 3.76. The standard InChI is InChI=1S/C28H32N6O6/c1-37-22-13-12-19(16-24(22)38-2)27-30-32-34(31-27)18-25(35)33(17-21-10-6-14-39-21)26(23-11-7-15-40-23)28(36)29-20-8-4-3-5-9-20/h6-7,10-16,20,26H,3-5,8-9,17-18H2,1-2H3,(H,29,36). The van der Waals surface area contributed by atoms with Crippen molar-refractivity contribution in [1.29, 1.82) is 0 Å². The number of furan rings is 2. The fourth-order valence-corrected chi connectivity index (χ4v) is 4.91. The van der Waals surface area contributed by atoms with Crippen molar-refractivity contribution in [3.8, 4) is 22.9 Å². The minimum atomic E-state index is -1.01. The van der Waals surface area contributed by atoms with Gasteiger partial charge in [0.2, 0.25) is 11.7 Å². The van der Waals surface area contributed by atoms with Crippen LogP contribution in [0.4, 0.5) is 0 Å². The van der Waals surface area contributed by atoms with Crippen molar-refractivity contribution in [3.63, 3.8) is 0 Å². The number of carbonyl (C=O) groups excluding carboxylic acids is 2. The van der Waals surface area contributed by atoms with E-state index in [1.807, 2.05) is 0 Å². The van der Waals surface area contributed by atoms with E-state index in [0.29, 0.717) is 34.4 Å². The minimum absolute atomic E-state index is 0.0481. The van der Waals surface area contributed by atoms with E-state index in [-0.39, 0.29) is 25.0 Å². The van der Waals surface area contributed by atoms with Crippen molar-refractivity contribution < 1.29 is 27.9 Å². The molecule has 12 nitrogen and oxygen atoms in total. The van der Waals surface area contributed by atoms with Gasteiger partial charge in [-0.15, -0.1) is 10.2 Å². The summed E-state index contributed by atoms with van der Waals surface area (Å²) in [4.78, 5) is 30.1. The summed E-state index contributed by atoms with van der Waals surface area (Å²) in [5.74, 6) is 1.55. The smallest absolute Gasteiger partial charge is 0.250 e. The number of amides is 2. The maximum atomic E-state index is 13.8. The fourth-order valence-electron chi connectivity index (χ4n) is 4.91. The van der Waals surface area contributed by atoms with E-state index in [1.54, 1.807) is 49.6 Å². The fraction of sp³-hybridized carbons (Fsp3) is 0.393. The number of nitrogens with one attached hydrogen (secondary N) is 1. The van der Waals surface area contributed by atoms with Crippen LogP contribution in [0.25, 0.3) is 11.4 Å². The first-order valence-electron chi connectivity index (χ1n) is 13.2. The van der Waals surface area contributed by atoms with Gasteiger partial charge in [-0.1, -0.05) is 19.3 Å². The molecule has 1 N–H and O–H groups in total. The highest BCUT2D eigenvalue weighted by Crippen LogP contribution is 2.31. The van der Waals surface area contributed by atoms with Crippen LogP contribution in [0.15, 0.2) is 63.8 Å². The van der Waals surface area contributed by atoms with E-state index >= 15 is 0 Å². The van der Waals surface area contributed by atoms with Crippen molar-refractivity contribution in [1.82, 2.24) is 30.4 Å². The molecule has 4 aromatic rings. The summed E-state index contributed by atoms with van der Waals surface area (Å²) in [5.41, 5.74) is 0.643. The van der Waals surface area contributed by atoms with Gasteiger partial charge in [0.05, 0.1) is 33.3 Å². The molecule has 3 heterocycles. The van der Waals surface area contributed by atoms with Gasteiger partial charge in [-0.05, 0) is 60.5 Å². The van der Waals surface area contributed by atoms with E-state index < -0.39 is 11.9 Å². The Hall–Kier alpha value is -4.61. The summed E-state index contributed by atoms with van der Waals surface area (Å²) in [6, 6.07) is 11.2. The Balaban J connectivity index is 1.40. The number of aromatic nitrogens is 4. The maximum absolute atomic E-state index is 13.8. The third-order valence-corrected chi connectivity index (χ3v) is 6.92. The van der Waals surface area contributed by atoms with Gasteiger partial charge in [0, 0.05) is 11.6 Å². The number of tetrazole rings is 1. The molecule has 1 fully saturated rings. The molecule has 0 radical (unpaired) electrons. The van der Waals surface area contributed by atoms with Crippen LogP contribution in [0.5, 0.6) is 11.5 Å². The number of hydrogen-bond acceptors (Lipinski definition) is 9. The van der Waals surface area contributed by atoms with Crippen LogP contribution in [-0.2, 0) is 22.7 Å². The average Bonchev–Trinajstić information content (AvgIpc) is 3.77. The molecule has 1 atom stereocenters. The zero-order chi connectivity index (χ0) is 27.9. The first kappa shape index (κ1) is 27.0. The SMILES string of the molecule is COc1ccc(-c2nnn(CC(=O)N(Cc3ccco3)C(C(=O)NC3CCCCC3)c3ccco3)n2)cc1OC. The van der Waals surface area contributed by atoms with Crippen LogP contribution in [-0.4, -0.2) is 57.2 Å². The molecule has 1 unspecified atom stereocenters. The maximum Gasteiger partial charge on any atom is 0.250 e. The molecule has 0 spiro atoms. The Morgan fingerprint density at radius 2 is 1.82 bits per heavy atom. The van der Waals surface area contributed by atoms with Crippen molar-refractivity contribution in [2.45, 2.75) is 57.3 Å². The zero-order valence-electron chi connectivity index (χ0n) is 22.5. The van der Waals surface area contributed by atoms with Crippen molar-refractivity contribution in [2.75, 3.05) is 14.2 Å². The van der Waals surface area contributed by atoms with E-state index in [9.17, 15) is 9.59 Å². The number of hydrogen-bond donors (Lipinski definition) is 1. The second-order valence-corrected chi connectivity index (χ2v) is 9.58. The lowest BCUT2D eigenvalue weighted by atomic mass is 9.95. The molecule has 1 saturated carbocycles. The lowest BCUT2D eigenvalue weighted by molar-refractivity contribution is -0.143. The van der Waals surface area contributed by atoms with Gasteiger partial charge >= 0.3 is 0 Å². The van der Waals surface area contributed by atoms with Crippen molar-refractivity contribution in [3.05, 3.63) is 66.5 Å². The number of nitrogens with zero attached hydrogens (tertiary/aromatic N) is 5. The van der Waals surface area contributed by atoms with Gasteiger partial charge in [-0.25, -0.2) is 0 Å². The zero-order valence-corrected chi connectivity index (χ0v) is 22.5. The Bertz CT molecular complexity index is 1390. The Morgan fingerprint density at radius 3 is 2.52 bits per heavy atom. The van der Waals surface area contributed by atoms with Gasteiger partial charge in [0.15, 0.2) is 17.5 Å². The van der Waals surface area contributed by atoms with Crippen LogP contribution < -0.4 is 14.8 Å². The average molecular weight is 549 g/mol. The second-order valence-electron chi connectivity index (χ2n) is 9.58. The molecule has 1 aromatic carbocycles. The number of benzene rings is 1. The molecule has 210 valence electrons. The van der Waals surface area contributed by atoms with Crippen LogP contribution in [0.1, 0.15) is 49.7 Å². The summed E-state index contributed by atoms with van der Waals surface area (Å²) >= 11 is 0. The van der Waals surface area contributed by atoms with Crippen molar-refractivity contribution in [2.24, 2.45) is 0 Å². The summed E-state index contributed by atoms with van der Waals surface area (Å²) in [7, 11) is 3.09. The quantitative estimate of drug-likeness (QED) is 0.297. The monoisotopic (exact) mass is 548 g/mol. The van der Waals surface area contributed by atoms with E-state index in [4.69, 9.17) is 18.3 Å². The normalized spacial score (nSPS) is 14.4. The van der Waals surface area contributed by atoms with Gasteiger partial charge < -0.3 is 28.5 Å². The molecule has 0 bridgehead atoms. The summed E-state index contributed by atoms with van der Waals surface area (Å²) in [6.45, 7) is -0.207. The molecule has 2 amide bonds. The molecule has 12 heteroatoms. The molecule has 0 aliphatic heterocycles. The topological polar surface area (TPSA) is 138 Å². The Kier molecular flexibility index (Phi) is 8.43. The highest BCUT2D eigenvalue weighted by Gasteiger charge is 2.35. The predicted molar refractivity (Wildman–Crippen MR) is 142 cm³/mol. The van der Waals surface area contributed by atoms with Gasteiger partial charge in [-0.2, -0.15) is 4.80 Å². The van der Waals surface area contributed by atoms with Crippen LogP contribution in [0.2, 0.25) is 0 Å². The third kappa shape index (κ3) is 6.16. The highest BCUT2D eigenvalue weighted by molar-refractivity contribution is 5.88. The van der Waals surface area contributed by atoms with Gasteiger partial charge in [0.25, 0.3) is 5.91 Å². The van der Waals surface area contributed by atoms with Crippen molar-refractivity contribution >= 4 is 11.8 Å². The van der Waals surface area contributed by atoms with Gasteiger partial charge in [-0.3, -0.25) is 9.59 Å². The molecule has 1 aliphatic carbocycles. The van der Waals surface area contributed by atoms with Crippen LogP contribution in [0, 0.1) is 0 Å². The number of ether oxygens (including phenoxy) is 2. The first-order chi connectivity index (χ1) is 19.6. The van der Waals surface area contributed by atoms with Gasteiger partial charge in [0.1, 0.15) is 18.1 Å². The Labute approximate surface area is 231 Å². The largest absolute Gasteiger partial charge is 0.493 e. The third-order valence-electron chi connectivity index (χ3n) is 6.92. The first-order valence-corrected chi connectivity index (χ1v) is 13.2. The second kappa shape index (κ2) is 12.5. The molecule has 40 heavy (non-hydrogen) atoms.